The number of carbonyl (C=O) groups excluding carboxylic acids is 1. The van der Waals surface area contributed by atoms with Gasteiger partial charge in [-0.25, -0.2) is 14.4 Å². The number of halogens is 4. The molecule has 4 nitrogen and oxygen atoms in total. The van der Waals surface area contributed by atoms with Crippen LogP contribution < -0.4 is 0 Å². The number of aromatic nitrogens is 2. The second kappa shape index (κ2) is 8.68. The smallest absolute Gasteiger partial charge is 0.338 e. The fourth-order valence-electron chi connectivity index (χ4n) is 4.02. The summed E-state index contributed by atoms with van der Waals surface area (Å²) in [7, 11) is 0. The fourth-order valence-corrected chi connectivity index (χ4v) is 4.02. The molecule has 2 heterocycles. The van der Waals surface area contributed by atoms with Crippen molar-refractivity contribution in [1.82, 2.24) is 14.9 Å². The van der Waals surface area contributed by atoms with Crippen LogP contribution in [0, 0.1) is 12.7 Å². The summed E-state index contributed by atoms with van der Waals surface area (Å²) in [6.07, 6.45) is -1.19. The van der Waals surface area contributed by atoms with Crippen molar-refractivity contribution in [3.05, 3.63) is 83.2 Å². The van der Waals surface area contributed by atoms with Crippen LogP contribution in [0.5, 0.6) is 0 Å². The van der Waals surface area contributed by atoms with E-state index < -0.39 is 11.7 Å². The predicted octanol–water partition coefficient (Wildman–Crippen LogP) is 5.63. The Kier molecular flexibility index (Phi) is 5.95. The van der Waals surface area contributed by atoms with Crippen LogP contribution in [-0.4, -0.2) is 33.9 Å². The van der Waals surface area contributed by atoms with Gasteiger partial charge in [-0.2, -0.15) is 13.2 Å². The Morgan fingerprint density at radius 1 is 1.06 bits per heavy atom. The lowest BCUT2D eigenvalue weighted by Crippen LogP contribution is -2.39. The highest BCUT2D eigenvalue weighted by atomic mass is 19.4. The molecule has 1 aromatic heterocycles. The molecule has 1 aliphatic rings. The standard InChI is InChI=1S/C24H21F4N3O/c1-15-29-13-21(16-6-10-20(25)11-7-16)22(30-15)18-3-2-12-31(14-18)23(32)17-4-8-19(9-5-17)24(26,27)28/h4-11,13,18H,2-3,12,14H2,1H3/t18-/m0/s1. The molecule has 0 radical (unpaired) electrons. The quantitative estimate of drug-likeness (QED) is 0.493. The van der Waals surface area contributed by atoms with Gasteiger partial charge in [0.25, 0.3) is 5.91 Å². The maximum Gasteiger partial charge on any atom is 0.416 e. The molecule has 0 saturated carbocycles. The van der Waals surface area contributed by atoms with Gasteiger partial charge in [0, 0.05) is 36.3 Å². The molecular formula is C24H21F4N3O. The number of piperidine rings is 1. The van der Waals surface area contributed by atoms with Crippen molar-refractivity contribution in [3.63, 3.8) is 0 Å². The van der Waals surface area contributed by atoms with Gasteiger partial charge in [-0.15, -0.1) is 0 Å². The first kappa shape index (κ1) is 21.9. The first-order valence-electron chi connectivity index (χ1n) is 10.3. The fraction of sp³-hybridized carbons (Fsp3) is 0.292. The second-order valence-electron chi connectivity index (χ2n) is 7.89. The third-order valence-electron chi connectivity index (χ3n) is 5.65. The molecule has 0 unspecified atom stereocenters. The van der Waals surface area contributed by atoms with Crippen molar-refractivity contribution >= 4 is 5.91 Å². The van der Waals surface area contributed by atoms with E-state index in [1.54, 1.807) is 30.2 Å². The number of carbonyl (C=O) groups is 1. The molecule has 0 bridgehead atoms. The molecule has 4 rings (SSSR count). The molecule has 3 aromatic rings. The summed E-state index contributed by atoms with van der Waals surface area (Å²) < 4.78 is 51.8. The molecule has 1 amide bonds. The number of aryl methyl sites for hydroxylation is 1. The Bertz CT molecular complexity index is 1110. The highest BCUT2D eigenvalue weighted by Crippen LogP contribution is 2.34. The lowest BCUT2D eigenvalue weighted by Gasteiger charge is -2.33. The monoisotopic (exact) mass is 443 g/mol. The SMILES string of the molecule is Cc1ncc(-c2ccc(F)cc2)c([C@H]2CCCN(C(=O)c3ccc(C(F)(F)F)cc3)C2)n1. The first-order chi connectivity index (χ1) is 15.2. The minimum atomic E-state index is -4.45. The van der Waals surface area contributed by atoms with Gasteiger partial charge in [0.05, 0.1) is 11.3 Å². The zero-order chi connectivity index (χ0) is 22.9. The predicted molar refractivity (Wildman–Crippen MR) is 111 cm³/mol. The highest BCUT2D eigenvalue weighted by molar-refractivity contribution is 5.94. The van der Waals surface area contributed by atoms with Crippen LogP contribution in [0.3, 0.4) is 0 Å². The van der Waals surface area contributed by atoms with Gasteiger partial charge in [0.1, 0.15) is 11.6 Å². The molecule has 1 atom stereocenters. The van der Waals surface area contributed by atoms with E-state index >= 15 is 0 Å². The normalized spacial score (nSPS) is 16.8. The molecule has 2 aromatic carbocycles. The van der Waals surface area contributed by atoms with Crippen molar-refractivity contribution in [2.75, 3.05) is 13.1 Å². The van der Waals surface area contributed by atoms with Gasteiger partial charge in [-0.05, 0) is 61.7 Å². The van der Waals surface area contributed by atoms with Gasteiger partial charge in [0.15, 0.2) is 0 Å². The summed E-state index contributed by atoms with van der Waals surface area (Å²) in [6.45, 7) is 2.70. The summed E-state index contributed by atoms with van der Waals surface area (Å²) in [5.41, 5.74) is 1.79. The van der Waals surface area contributed by atoms with Gasteiger partial charge in [-0.3, -0.25) is 4.79 Å². The van der Waals surface area contributed by atoms with Crippen LogP contribution in [-0.2, 0) is 6.18 Å². The molecule has 1 saturated heterocycles. The average Bonchev–Trinajstić information content (AvgIpc) is 2.79. The van der Waals surface area contributed by atoms with Crippen LogP contribution in [0.1, 0.15) is 46.2 Å². The summed E-state index contributed by atoms with van der Waals surface area (Å²) in [5, 5.41) is 0. The lowest BCUT2D eigenvalue weighted by atomic mass is 9.89. The van der Waals surface area contributed by atoms with E-state index in [0.29, 0.717) is 18.9 Å². The van der Waals surface area contributed by atoms with E-state index in [2.05, 4.69) is 9.97 Å². The Labute approximate surface area is 182 Å². The Morgan fingerprint density at radius 2 is 1.75 bits per heavy atom. The summed E-state index contributed by atoms with van der Waals surface area (Å²) in [5.74, 6) is -0.118. The van der Waals surface area contributed by atoms with Crippen molar-refractivity contribution in [1.29, 1.82) is 0 Å². The van der Waals surface area contributed by atoms with Gasteiger partial charge < -0.3 is 4.90 Å². The molecule has 0 spiro atoms. The van der Waals surface area contributed by atoms with Crippen LogP contribution in [0.2, 0.25) is 0 Å². The Morgan fingerprint density at radius 3 is 2.41 bits per heavy atom. The zero-order valence-electron chi connectivity index (χ0n) is 17.4. The molecule has 32 heavy (non-hydrogen) atoms. The van der Waals surface area contributed by atoms with E-state index in [1.807, 2.05) is 0 Å². The summed E-state index contributed by atoms with van der Waals surface area (Å²) >= 11 is 0. The number of amides is 1. The molecule has 1 fully saturated rings. The van der Waals surface area contributed by atoms with E-state index in [1.165, 1.54) is 24.3 Å². The maximum atomic E-state index is 13.4. The zero-order valence-corrected chi connectivity index (χ0v) is 17.4. The number of nitrogens with zero attached hydrogens (tertiary/aromatic N) is 3. The first-order valence-corrected chi connectivity index (χ1v) is 10.3. The Hall–Kier alpha value is -3.29. The van der Waals surface area contributed by atoms with Gasteiger partial charge in [0.2, 0.25) is 0 Å². The molecule has 0 N–H and O–H groups in total. The number of hydrogen-bond donors (Lipinski definition) is 0. The number of rotatable bonds is 3. The van der Waals surface area contributed by atoms with Crippen LogP contribution >= 0.6 is 0 Å². The third-order valence-corrected chi connectivity index (χ3v) is 5.65. The van der Waals surface area contributed by atoms with E-state index in [-0.39, 0.29) is 23.2 Å². The number of likely N-dealkylation sites (tertiary alicyclic amines) is 1. The number of hydrogen-bond acceptors (Lipinski definition) is 3. The molecular weight excluding hydrogens is 422 g/mol. The molecule has 1 aliphatic heterocycles. The second-order valence-corrected chi connectivity index (χ2v) is 7.89. The molecule has 166 valence electrons. The van der Waals surface area contributed by atoms with E-state index in [9.17, 15) is 22.4 Å². The van der Waals surface area contributed by atoms with Crippen molar-refractivity contribution in [2.45, 2.75) is 31.9 Å². The van der Waals surface area contributed by atoms with Crippen LogP contribution in [0.15, 0.2) is 54.7 Å². The third kappa shape index (κ3) is 4.64. The van der Waals surface area contributed by atoms with Crippen molar-refractivity contribution < 1.29 is 22.4 Å². The molecule has 0 aliphatic carbocycles. The topological polar surface area (TPSA) is 46.1 Å². The summed E-state index contributed by atoms with van der Waals surface area (Å²) in [4.78, 5) is 23.5. The van der Waals surface area contributed by atoms with E-state index in [4.69, 9.17) is 0 Å². The average molecular weight is 443 g/mol. The lowest BCUT2D eigenvalue weighted by molar-refractivity contribution is -0.137. The molecule has 8 heteroatoms. The number of benzene rings is 2. The largest absolute Gasteiger partial charge is 0.416 e. The van der Waals surface area contributed by atoms with Crippen LogP contribution in [0.4, 0.5) is 17.6 Å². The van der Waals surface area contributed by atoms with Gasteiger partial charge in [-0.1, -0.05) is 12.1 Å². The minimum absolute atomic E-state index is 0.0658. The van der Waals surface area contributed by atoms with Crippen molar-refractivity contribution in [3.8, 4) is 11.1 Å². The van der Waals surface area contributed by atoms with Crippen molar-refractivity contribution in [2.24, 2.45) is 0 Å². The summed E-state index contributed by atoms with van der Waals surface area (Å²) in [6, 6.07) is 10.4. The van der Waals surface area contributed by atoms with E-state index in [0.717, 1.165) is 41.8 Å². The van der Waals surface area contributed by atoms with Gasteiger partial charge >= 0.3 is 6.18 Å². The number of alkyl halides is 3. The van der Waals surface area contributed by atoms with Crippen LogP contribution in [0.25, 0.3) is 11.1 Å². The maximum absolute atomic E-state index is 13.4. The highest BCUT2D eigenvalue weighted by Gasteiger charge is 2.31. The minimum Gasteiger partial charge on any atom is -0.338 e. The Balaban J connectivity index is 1.59.